The Labute approximate surface area is 129 Å². The van der Waals surface area contributed by atoms with Crippen molar-refractivity contribution in [2.45, 2.75) is 18.7 Å². The van der Waals surface area contributed by atoms with Crippen LogP contribution in [0.3, 0.4) is 0 Å². The summed E-state index contributed by atoms with van der Waals surface area (Å²) in [6, 6.07) is 15.6. The summed E-state index contributed by atoms with van der Waals surface area (Å²) in [5.74, 6) is 1.24. The van der Waals surface area contributed by atoms with E-state index in [1.807, 2.05) is 62.4 Å². The lowest BCUT2D eigenvalue weighted by molar-refractivity contribution is -0.113. The summed E-state index contributed by atoms with van der Waals surface area (Å²) in [6.45, 7) is 4.62. The van der Waals surface area contributed by atoms with Crippen molar-refractivity contribution in [3.63, 3.8) is 0 Å². The maximum Gasteiger partial charge on any atom is 0.234 e. The highest BCUT2D eigenvalue weighted by Gasteiger charge is 2.04. The van der Waals surface area contributed by atoms with Crippen LogP contribution in [0, 0.1) is 6.92 Å². The Morgan fingerprint density at radius 1 is 1.19 bits per heavy atom. The van der Waals surface area contributed by atoms with E-state index < -0.39 is 0 Å². The highest BCUT2D eigenvalue weighted by molar-refractivity contribution is 8.00. The van der Waals surface area contributed by atoms with E-state index in [9.17, 15) is 4.79 Å². The molecule has 3 nitrogen and oxygen atoms in total. The van der Waals surface area contributed by atoms with Crippen molar-refractivity contribution in [2.24, 2.45) is 0 Å². The highest BCUT2D eigenvalue weighted by Crippen LogP contribution is 2.21. The largest absolute Gasteiger partial charge is 0.494 e. The summed E-state index contributed by atoms with van der Waals surface area (Å²) >= 11 is 1.51. The fourth-order valence-electron chi connectivity index (χ4n) is 1.87. The number of thioether (sulfide) groups is 1. The minimum absolute atomic E-state index is 0.000477. The third kappa shape index (κ3) is 5.16. The number of aryl methyl sites for hydroxylation is 1. The molecule has 0 unspecified atom stereocenters. The van der Waals surface area contributed by atoms with Crippen LogP contribution in [0.4, 0.5) is 5.69 Å². The SMILES string of the molecule is CCOc1ccc(SCC(=O)Nc2cccc(C)c2)cc1. The fourth-order valence-corrected chi connectivity index (χ4v) is 2.57. The van der Waals surface area contributed by atoms with Crippen LogP contribution in [0.25, 0.3) is 0 Å². The first-order chi connectivity index (χ1) is 10.2. The first-order valence-corrected chi connectivity index (χ1v) is 7.88. The highest BCUT2D eigenvalue weighted by atomic mass is 32.2. The molecule has 0 spiro atoms. The molecule has 1 amide bonds. The van der Waals surface area contributed by atoms with Gasteiger partial charge in [-0.25, -0.2) is 0 Å². The van der Waals surface area contributed by atoms with E-state index in [2.05, 4.69) is 5.32 Å². The van der Waals surface area contributed by atoms with E-state index in [1.165, 1.54) is 11.8 Å². The molecule has 21 heavy (non-hydrogen) atoms. The lowest BCUT2D eigenvalue weighted by Crippen LogP contribution is -2.13. The summed E-state index contributed by atoms with van der Waals surface area (Å²) < 4.78 is 5.39. The van der Waals surface area contributed by atoms with E-state index in [1.54, 1.807) is 0 Å². The summed E-state index contributed by atoms with van der Waals surface area (Å²) in [7, 11) is 0. The number of rotatable bonds is 6. The molecule has 0 heterocycles. The average Bonchev–Trinajstić information content (AvgIpc) is 2.47. The van der Waals surface area contributed by atoms with E-state index in [0.717, 1.165) is 21.9 Å². The summed E-state index contributed by atoms with van der Waals surface area (Å²) in [5, 5.41) is 2.90. The first kappa shape index (κ1) is 15.4. The quantitative estimate of drug-likeness (QED) is 0.815. The molecule has 1 N–H and O–H groups in total. The zero-order chi connectivity index (χ0) is 15.1. The Balaban J connectivity index is 1.83. The molecular formula is C17H19NO2S. The number of hydrogen-bond donors (Lipinski definition) is 1. The Morgan fingerprint density at radius 3 is 2.62 bits per heavy atom. The van der Waals surface area contributed by atoms with Crippen molar-refractivity contribution >= 4 is 23.4 Å². The molecule has 0 aliphatic rings. The maximum atomic E-state index is 11.9. The van der Waals surface area contributed by atoms with Crippen LogP contribution in [0.2, 0.25) is 0 Å². The molecule has 2 aromatic rings. The minimum atomic E-state index is -0.000477. The number of amides is 1. The Morgan fingerprint density at radius 2 is 1.95 bits per heavy atom. The number of carbonyl (C=O) groups is 1. The second kappa shape index (κ2) is 7.74. The molecule has 2 rings (SSSR count). The van der Waals surface area contributed by atoms with E-state index in [0.29, 0.717) is 12.4 Å². The molecule has 0 radical (unpaired) electrons. The van der Waals surface area contributed by atoms with Gasteiger partial charge in [0.15, 0.2) is 0 Å². The van der Waals surface area contributed by atoms with Crippen LogP contribution in [0.1, 0.15) is 12.5 Å². The normalized spacial score (nSPS) is 10.2. The number of ether oxygens (including phenoxy) is 1. The summed E-state index contributed by atoms with van der Waals surface area (Å²) in [4.78, 5) is 13.0. The Hall–Kier alpha value is -1.94. The molecule has 0 aromatic heterocycles. The molecule has 0 aliphatic carbocycles. The van der Waals surface area contributed by atoms with E-state index in [-0.39, 0.29) is 5.91 Å². The molecule has 0 saturated heterocycles. The van der Waals surface area contributed by atoms with Crippen LogP contribution >= 0.6 is 11.8 Å². The fraction of sp³-hybridized carbons (Fsp3) is 0.235. The molecule has 0 bridgehead atoms. The zero-order valence-electron chi connectivity index (χ0n) is 12.3. The third-order valence-corrected chi connectivity index (χ3v) is 3.82. The summed E-state index contributed by atoms with van der Waals surface area (Å²) in [5.41, 5.74) is 1.97. The van der Waals surface area contributed by atoms with Crippen LogP contribution in [0.15, 0.2) is 53.4 Å². The zero-order valence-corrected chi connectivity index (χ0v) is 13.1. The lowest BCUT2D eigenvalue weighted by atomic mass is 10.2. The standard InChI is InChI=1S/C17H19NO2S/c1-3-20-15-7-9-16(10-8-15)21-12-17(19)18-14-6-4-5-13(2)11-14/h4-11H,3,12H2,1-2H3,(H,18,19). The van der Waals surface area contributed by atoms with Gasteiger partial charge in [-0.05, 0) is 55.8 Å². The second-order valence-electron chi connectivity index (χ2n) is 4.61. The van der Waals surface area contributed by atoms with Gasteiger partial charge in [0.05, 0.1) is 12.4 Å². The van der Waals surface area contributed by atoms with Gasteiger partial charge < -0.3 is 10.1 Å². The Bertz CT molecular complexity index is 596. The monoisotopic (exact) mass is 301 g/mol. The van der Waals surface area contributed by atoms with Gasteiger partial charge in [0.25, 0.3) is 0 Å². The Kier molecular flexibility index (Phi) is 5.69. The van der Waals surface area contributed by atoms with Gasteiger partial charge in [0.1, 0.15) is 5.75 Å². The molecule has 0 fully saturated rings. The van der Waals surface area contributed by atoms with Crippen molar-refractivity contribution in [3.05, 3.63) is 54.1 Å². The minimum Gasteiger partial charge on any atom is -0.494 e. The molecule has 2 aromatic carbocycles. The number of carbonyl (C=O) groups excluding carboxylic acids is 1. The van der Waals surface area contributed by atoms with Crippen molar-refractivity contribution in [3.8, 4) is 5.75 Å². The lowest BCUT2D eigenvalue weighted by Gasteiger charge is -2.07. The van der Waals surface area contributed by atoms with Crippen molar-refractivity contribution in [2.75, 3.05) is 17.7 Å². The van der Waals surface area contributed by atoms with Gasteiger partial charge in [-0.3, -0.25) is 4.79 Å². The van der Waals surface area contributed by atoms with Gasteiger partial charge in [-0.15, -0.1) is 11.8 Å². The summed E-state index contributed by atoms with van der Waals surface area (Å²) in [6.07, 6.45) is 0. The third-order valence-electron chi connectivity index (χ3n) is 2.81. The van der Waals surface area contributed by atoms with Crippen LogP contribution < -0.4 is 10.1 Å². The van der Waals surface area contributed by atoms with Gasteiger partial charge >= 0.3 is 0 Å². The van der Waals surface area contributed by atoms with Gasteiger partial charge in [-0.1, -0.05) is 12.1 Å². The van der Waals surface area contributed by atoms with Gasteiger partial charge in [-0.2, -0.15) is 0 Å². The number of nitrogens with one attached hydrogen (secondary N) is 1. The maximum absolute atomic E-state index is 11.9. The topological polar surface area (TPSA) is 38.3 Å². The second-order valence-corrected chi connectivity index (χ2v) is 5.66. The molecule has 110 valence electrons. The van der Waals surface area contributed by atoms with Crippen LogP contribution in [0.5, 0.6) is 5.75 Å². The van der Waals surface area contributed by atoms with Gasteiger partial charge in [0, 0.05) is 10.6 Å². The molecule has 0 atom stereocenters. The average molecular weight is 301 g/mol. The predicted octanol–water partition coefficient (Wildman–Crippen LogP) is 4.12. The molecule has 0 aliphatic heterocycles. The van der Waals surface area contributed by atoms with Crippen molar-refractivity contribution < 1.29 is 9.53 Å². The van der Waals surface area contributed by atoms with Crippen LogP contribution in [-0.2, 0) is 4.79 Å². The molecule has 0 saturated carbocycles. The molecular weight excluding hydrogens is 282 g/mol. The van der Waals surface area contributed by atoms with Gasteiger partial charge in [0.2, 0.25) is 5.91 Å². The predicted molar refractivity (Wildman–Crippen MR) is 88.1 cm³/mol. The first-order valence-electron chi connectivity index (χ1n) is 6.89. The van der Waals surface area contributed by atoms with Crippen LogP contribution in [-0.4, -0.2) is 18.3 Å². The number of benzene rings is 2. The number of hydrogen-bond acceptors (Lipinski definition) is 3. The van der Waals surface area contributed by atoms with E-state index in [4.69, 9.17) is 4.74 Å². The molecule has 4 heteroatoms. The van der Waals surface area contributed by atoms with E-state index >= 15 is 0 Å². The van der Waals surface area contributed by atoms with Crippen molar-refractivity contribution in [1.82, 2.24) is 0 Å². The van der Waals surface area contributed by atoms with Crippen molar-refractivity contribution in [1.29, 1.82) is 0 Å². The number of anilines is 1. The smallest absolute Gasteiger partial charge is 0.234 e.